The molecule has 0 unspecified atom stereocenters. The third-order valence-corrected chi connectivity index (χ3v) is 4.60. The molecule has 2 N–H and O–H groups in total. The second-order valence-electron chi connectivity index (χ2n) is 6.37. The molecule has 3 aromatic rings. The van der Waals surface area contributed by atoms with Crippen molar-refractivity contribution in [2.75, 3.05) is 11.9 Å². The van der Waals surface area contributed by atoms with E-state index in [1.807, 2.05) is 17.7 Å². The number of carbonyl (C=O) groups is 1. The fourth-order valence-corrected chi connectivity index (χ4v) is 3.28. The lowest BCUT2D eigenvalue weighted by Gasteiger charge is -2.13. The van der Waals surface area contributed by atoms with Gasteiger partial charge in [-0.1, -0.05) is 0 Å². The maximum atomic E-state index is 12.2. The zero-order valence-corrected chi connectivity index (χ0v) is 14.6. The van der Waals surface area contributed by atoms with Crippen LogP contribution in [0.3, 0.4) is 0 Å². The summed E-state index contributed by atoms with van der Waals surface area (Å²) in [5.41, 5.74) is 3.91. The maximum Gasteiger partial charge on any atom is 0.419 e. The summed E-state index contributed by atoms with van der Waals surface area (Å²) in [6, 6.07) is 7.30. The molecule has 1 aliphatic heterocycles. The normalized spacial score (nSPS) is 13.7. The second-order valence-corrected chi connectivity index (χ2v) is 6.37. The number of amides is 1. The molecule has 0 spiro atoms. The van der Waals surface area contributed by atoms with Gasteiger partial charge < -0.3 is 15.1 Å². The fraction of sp³-hybridized carbons (Fsp3) is 0.389. The van der Waals surface area contributed by atoms with Crippen molar-refractivity contribution in [1.82, 2.24) is 19.7 Å². The minimum Gasteiger partial charge on any atom is -0.408 e. The molecule has 1 aliphatic rings. The highest BCUT2D eigenvalue weighted by Crippen LogP contribution is 2.19. The van der Waals surface area contributed by atoms with E-state index < -0.39 is 0 Å². The molecule has 0 bridgehead atoms. The number of aryl methyl sites for hydroxylation is 2. The van der Waals surface area contributed by atoms with Gasteiger partial charge in [0.1, 0.15) is 0 Å². The molecule has 0 atom stereocenters. The Hall–Kier alpha value is -2.87. The Labute approximate surface area is 149 Å². The number of nitrogens with zero attached hydrogens (tertiary/aromatic N) is 3. The summed E-state index contributed by atoms with van der Waals surface area (Å²) in [7, 11) is 0. The van der Waals surface area contributed by atoms with Crippen LogP contribution in [0.2, 0.25) is 0 Å². The van der Waals surface area contributed by atoms with Gasteiger partial charge in [0.25, 0.3) is 0 Å². The molecule has 1 aromatic carbocycles. The summed E-state index contributed by atoms with van der Waals surface area (Å²) in [4.78, 5) is 24.0. The molecule has 0 radical (unpaired) electrons. The molecule has 3 heterocycles. The molecule has 1 amide bonds. The number of oxazole rings is 1. The lowest BCUT2D eigenvalue weighted by Crippen LogP contribution is -2.28. The number of benzene rings is 1. The summed E-state index contributed by atoms with van der Waals surface area (Å²) in [6.07, 6.45) is 0.942. The van der Waals surface area contributed by atoms with E-state index in [2.05, 4.69) is 15.7 Å². The lowest BCUT2D eigenvalue weighted by molar-refractivity contribution is -0.116. The van der Waals surface area contributed by atoms with Gasteiger partial charge in [-0.25, -0.2) is 4.79 Å². The first-order chi connectivity index (χ1) is 12.6. The zero-order valence-electron chi connectivity index (χ0n) is 14.6. The maximum absolute atomic E-state index is 12.2. The standard InChI is InChI=1S/C18H21N5O3/c1-2-22-15-5-3-12(10-16(15)26-18(22)25)20-17(24)6-4-13-9-14-11-19-7-8-23(14)21-13/h3,5,9-10,19H,2,4,6-8,11H2,1H3,(H,20,24). The molecule has 8 nitrogen and oxygen atoms in total. The number of hydrogen-bond acceptors (Lipinski definition) is 5. The van der Waals surface area contributed by atoms with Crippen LogP contribution in [0.5, 0.6) is 0 Å². The van der Waals surface area contributed by atoms with Crippen LogP contribution in [0.15, 0.2) is 33.5 Å². The first-order valence-corrected chi connectivity index (χ1v) is 8.83. The number of aromatic nitrogens is 3. The van der Waals surface area contributed by atoms with Gasteiger partial charge in [-0.05, 0) is 25.1 Å². The van der Waals surface area contributed by atoms with Gasteiger partial charge in [0.15, 0.2) is 5.58 Å². The molecular formula is C18H21N5O3. The number of fused-ring (bicyclic) bond motifs is 2. The van der Waals surface area contributed by atoms with Gasteiger partial charge in [0.2, 0.25) is 5.91 Å². The van der Waals surface area contributed by atoms with Crippen LogP contribution in [-0.2, 0) is 30.8 Å². The average Bonchev–Trinajstić information content (AvgIpc) is 3.18. The van der Waals surface area contributed by atoms with E-state index in [-0.39, 0.29) is 11.7 Å². The molecule has 4 rings (SSSR count). The van der Waals surface area contributed by atoms with Crippen molar-refractivity contribution in [2.45, 2.75) is 39.4 Å². The Balaban J connectivity index is 1.40. The van der Waals surface area contributed by atoms with Crippen LogP contribution in [0.4, 0.5) is 5.69 Å². The Bertz CT molecular complexity index is 990. The van der Waals surface area contributed by atoms with E-state index in [0.717, 1.165) is 36.5 Å². The van der Waals surface area contributed by atoms with E-state index in [4.69, 9.17) is 4.42 Å². The van der Waals surface area contributed by atoms with E-state index >= 15 is 0 Å². The minimum absolute atomic E-state index is 0.0919. The van der Waals surface area contributed by atoms with Crippen LogP contribution in [-0.4, -0.2) is 26.8 Å². The topological polar surface area (TPSA) is 94.1 Å². The van der Waals surface area contributed by atoms with Crippen molar-refractivity contribution >= 4 is 22.7 Å². The molecule has 136 valence electrons. The zero-order chi connectivity index (χ0) is 18.1. The highest BCUT2D eigenvalue weighted by Gasteiger charge is 2.13. The molecule has 8 heteroatoms. The van der Waals surface area contributed by atoms with Gasteiger partial charge in [-0.15, -0.1) is 0 Å². The van der Waals surface area contributed by atoms with Crippen LogP contribution < -0.4 is 16.4 Å². The van der Waals surface area contributed by atoms with Gasteiger partial charge >= 0.3 is 5.76 Å². The summed E-state index contributed by atoms with van der Waals surface area (Å²) in [6.45, 7) is 5.04. The Morgan fingerprint density at radius 2 is 2.27 bits per heavy atom. The van der Waals surface area contributed by atoms with Crippen molar-refractivity contribution in [3.8, 4) is 0 Å². The molecular weight excluding hydrogens is 334 g/mol. The van der Waals surface area contributed by atoms with Gasteiger partial charge in [-0.2, -0.15) is 5.10 Å². The summed E-state index contributed by atoms with van der Waals surface area (Å²) in [5, 5.41) is 10.7. The number of nitrogens with one attached hydrogen (secondary N) is 2. The Morgan fingerprint density at radius 3 is 3.08 bits per heavy atom. The van der Waals surface area contributed by atoms with E-state index in [9.17, 15) is 9.59 Å². The van der Waals surface area contributed by atoms with Crippen molar-refractivity contribution in [2.24, 2.45) is 0 Å². The van der Waals surface area contributed by atoms with Gasteiger partial charge in [0.05, 0.1) is 23.4 Å². The number of rotatable bonds is 5. The SMILES string of the molecule is CCn1c(=O)oc2cc(NC(=O)CCc3cc4n(n3)CCNC4)ccc21. The molecule has 26 heavy (non-hydrogen) atoms. The smallest absolute Gasteiger partial charge is 0.408 e. The summed E-state index contributed by atoms with van der Waals surface area (Å²) in [5.74, 6) is -0.477. The van der Waals surface area contributed by atoms with Gasteiger partial charge in [0, 0.05) is 44.2 Å². The van der Waals surface area contributed by atoms with Crippen LogP contribution >= 0.6 is 0 Å². The quantitative estimate of drug-likeness (QED) is 0.723. The van der Waals surface area contributed by atoms with Crippen molar-refractivity contribution in [3.05, 3.63) is 46.2 Å². The molecule has 2 aromatic heterocycles. The highest BCUT2D eigenvalue weighted by molar-refractivity contribution is 5.92. The van der Waals surface area contributed by atoms with Crippen LogP contribution in [0.25, 0.3) is 11.1 Å². The summed E-state index contributed by atoms with van der Waals surface area (Å²) >= 11 is 0. The van der Waals surface area contributed by atoms with Crippen LogP contribution in [0.1, 0.15) is 24.7 Å². The highest BCUT2D eigenvalue weighted by atomic mass is 16.4. The predicted octanol–water partition coefficient (Wildman–Crippen LogP) is 1.49. The van der Waals surface area contributed by atoms with Crippen molar-refractivity contribution in [1.29, 1.82) is 0 Å². The minimum atomic E-state index is -0.385. The average molecular weight is 355 g/mol. The summed E-state index contributed by atoms with van der Waals surface area (Å²) < 4.78 is 8.78. The third kappa shape index (κ3) is 3.15. The monoisotopic (exact) mass is 355 g/mol. The van der Waals surface area contributed by atoms with E-state index in [1.165, 1.54) is 0 Å². The Kier molecular flexibility index (Phi) is 4.34. The molecule has 0 aliphatic carbocycles. The largest absolute Gasteiger partial charge is 0.419 e. The van der Waals surface area contributed by atoms with E-state index in [0.29, 0.717) is 30.7 Å². The molecule has 0 saturated carbocycles. The molecule has 0 saturated heterocycles. The van der Waals surface area contributed by atoms with Crippen LogP contribution in [0, 0.1) is 0 Å². The number of hydrogen-bond donors (Lipinski definition) is 2. The predicted molar refractivity (Wildman–Crippen MR) is 97.0 cm³/mol. The lowest BCUT2D eigenvalue weighted by atomic mass is 10.2. The number of anilines is 1. The fourth-order valence-electron chi connectivity index (χ4n) is 3.28. The first kappa shape index (κ1) is 16.6. The number of carbonyl (C=O) groups excluding carboxylic acids is 1. The Morgan fingerprint density at radius 1 is 1.38 bits per heavy atom. The van der Waals surface area contributed by atoms with Crippen molar-refractivity contribution in [3.63, 3.8) is 0 Å². The third-order valence-electron chi connectivity index (χ3n) is 4.60. The van der Waals surface area contributed by atoms with Gasteiger partial charge in [-0.3, -0.25) is 14.0 Å². The first-order valence-electron chi connectivity index (χ1n) is 8.83. The van der Waals surface area contributed by atoms with Crippen molar-refractivity contribution < 1.29 is 9.21 Å². The second kappa shape index (κ2) is 6.80. The molecule has 0 fully saturated rings. The van der Waals surface area contributed by atoms with E-state index in [1.54, 1.807) is 22.8 Å².